The fourth-order valence-electron chi connectivity index (χ4n) is 2.75. The van der Waals surface area contributed by atoms with Crippen LogP contribution in [0.4, 0.5) is 0 Å². The van der Waals surface area contributed by atoms with E-state index in [1.54, 1.807) is 18.2 Å². The molecule has 3 rings (SSSR count). The van der Waals surface area contributed by atoms with E-state index >= 15 is 0 Å². The number of hydrogen-bond acceptors (Lipinski definition) is 6. The van der Waals surface area contributed by atoms with Gasteiger partial charge in [0.05, 0.1) is 51.4 Å². The molecule has 0 amide bonds. The summed E-state index contributed by atoms with van der Waals surface area (Å²) in [4.78, 5) is 16.7. The van der Waals surface area contributed by atoms with E-state index in [1.807, 2.05) is 0 Å². The van der Waals surface area contributed by atoms with Crippen molar-refractivity contribution in [3.05, 3.63) is 61.4 Å². The maximum Gasteiger partial charge on any atom is 0.227 e. The van der Waals surface area contributed by atoms with E-state index in [1.165, 1.54) is 16.8 Å². The topological polar surface area (TPSA) is 136 Å². The van der Waals surface area contributed by atoms with Crippen molar-refractivity contribution in [1.29, 1.82) is 0 Å². The molecular weight excluding hydrogens is 447 g/mol. The number of benzene rings is 1. The molecule has 0 spiro atoms. The molecule has 2 heterocycles. The van der Waals surface area contributed by atoms with Crippen LogP contribution in [0.25, 0.3) is 16.6 Å². The van der Waals surface area contributed by atoms with Gasteiger partial charge in [0.2, 0.25) is 5.88 Å². The summed E-state index contributed by atoms with van der Waals surface area (Å²) in [5.74, 6) is -0.0849. The molecule has 1 aromatic carbocycles. The Morgan fingerprint density at radius 3 is 2.38 bits per heavy atom. The lowest BCUT2D eigenvalue weighted by atomic mass is 10.1. The second-order valence-corrected chi connectivity index (χ2v) is 7.07. The Bertz CT molecular complexity index is 1070. The molecule has 1 atom stereocenters. The molecule has 156 valence electrons. The Labute approximate surface area is 179 Å². The average Bonchev–Trinajstić information content (AvgIpc) is 2.68. The van der Waals surface area contributed by atoms with Gasteiger partial charge in [-0.1, -0.05) is 40.9 Å². The molecule has 2 aromatic heterocycles. The number of nitrogens with zero attached hydrogens (tertiary/aromatic N) is 2. The van der Waals surface area contributed by atoms with Crippen LogP contribution >= 0.6 is 34.8 Å². The van der Waals surface area contributed by atoms with E-state index in [0.29, 0.717) is 5.69 Å². The first-order valence-corrected chi connectivity index (χ1v) is 9.22. The molecule has 0 bridgehead atoms. The summed E-state index contributed by atoms with van der Waals surface area (Å²) in [6, 6.07) is 6.08. The van der Waals surface area contributed by atoms with Gasteiger partial charge in [0, 0.05) is 6.07 Å². The summed E-state index contributed by atoms with van der Waals surface area (Å²) in [6.45, 7) is -1.28. The van der Waals surface area contributed by atoms with E-state index in [0.717, 1.165) is 0 Å². The number of aromatic nitrogens is 2. The highest BCUT2D eigenvalue weighted by atomic mass is 35.5. The molecule has 0 saturated heterocycles. The van der Waals surface area contributed by atoms with Crippen LogP contribution in [0.2, 0.25) is 15.1 Å². The van der Waals surface area contributed by atoms with E-state index in [9.17, 15) is 15.0 Å². The molecule has 0 fully saturated rings. The zero-order valence-electron chi connectivity index (χ0n) is 14.8. The minimum atomic E-state index is -1.15. The number of para-hydroxylation sites is 1. The molecule has 29 heavy (non-hydrogen) atoms. The first kappa shape index (κ1) is 23.4. The van der Waals surface area contributed by atoms with Gasteiger partial charge in [-0.3, -0.25) is 4.79 Å². The Morgan fingerprint density at radius 1 is 1.14 bits per heavy atom. The molecule has 0 aliphatic heterocycles. The summed E-state index contributed by atoms with van der Waals surface area (Å²) in [6.07, 6.45) is 0.122. The van der Waals surface area contributed by atoms with Crippen molar-refractivity contribution >= 4 is 45.7 Å². The molecule has 0 radical (unpaired) electrons. The zero-order valence-corrected chi connectivity index (χ0v) is 17.0. The highest BCUT2D eigenvalue weighted by Gasteiger charge is 2.21. The quantitative estimate of drug-likeness (QED) is 0.509. The summed E-state index contributed by atoms with van der Waals surface area (Å²) in [7, 11) is 0. The smallest absolute Gasteiger partial charge is 0.227 e. The van der Waals surface area contributed by atoms with Gasteiger partial charge in [-0.15, -0.1) is 0 Å². The summed E-state index contributed by atoms with van der Waals surface area (Å²) < 4.78 is 6.88. The van der Waals surface area contributed by atoms with Crippen LogP contribution in [0.1, 0.15) is 5.69 Å². The predicted molar refractivity (Wildman–Crippen MR) is 110 cm³/mol. The number of aliphatic hydroxyl groups excluding tert-OH is 3. The van der Waals surface area contributed by atoms with Crippen molar-refractivity contribution in [3.63, 3.8) is 0 Å². The largest absolute Gasteiger partial charge is 0.474 e. The van der Waals surface area contributed by atoms with E-state index in [-0.39, 0.29) is 49.6 Å². The molecule has 8 nitrogen and oxygen atoms in total. The second kappa shape index (κ2) is 9.73. The Balaban J connectivity index is 0.00000300. The van der Waals surface area contributed by atoms with Gasteiger partial charge in [0.25, 0.3) is 0 Å². The SMILES string of the molecule is O.O=c1cc(CO)n(-c2c(Cl)cccc2Cl)c2c(Cl)cnc(OC[C@@H](O)CO)c12. The maximum absolute atomic E-state index is 12.7. The van der Waals surface area contributed by atoms with Crippen LogP contribution in [0, 0.1) is 0 Å². The van der Waals surface area contributed by atoms with Crippen molar-refractivity contribution in [1.82, 2.24) is 9.55 Å². The third-order valence-electron chi connectivity index (χ3n) is 3.97. The standard InChI is InChI=1S/C18H15Cl3N2O5.H2O/c19-11-2-1-3-12(20)16(11)23-9(6-24)4-14(27)15-17(23)13(21)5-22-18(15)28-8-10(26)7-25;/h1-5,10,24-26H,6-8H2;1H2/t10-;/m0./s1. The third-order valence-corrected chi connectivity index (χ3v) is 4.86. The molecule has 0 unspecified atom stereocenters. The third kappa shape index (κ3) is 4.49. The highest BCUT2D eigenvalue weighted by molar-refractivity contribution is 6.38. The lowest BCUT2D eigenvalue weighted by Gasteiger charge is -2.20. The molecule has 11 heteroatoms. The minimum Gasteiger partial charge on any atom is -0.474 e. The molecule has 0 aliphatic rings. The number of fused-ring (bicyclic) bond motifs is 1. The molecule has 0 saturated carbocycles. The summed E-state index contributed by atoms with van der Waals surface area (Å²) >= 11 is 19.0. The van der Waals surface area contributed by atoms with Gasteiger partial charge in [-0.25, -0.2) is 4.98 Å². The first-order chi connectivity index (χ1) is 13.4. The number of hydrogen-bond donors (Lipinski definition) is 3. The van der Waals surface area contributed by atoms with Crippen LogP contribution < -0.4 is 10.2 Å². The Kier molecular flexibility index (Phi) is 7.84. The normalized spacial score (nSPS) is 11.9. The Morgan fingerprint density at radius 2 is 1.79 bits per heavy atom. The van der Waals surface area contributed by atoms with Crippen LogP contribution in [0.5, 0.6) is 5.88 Å². The number of aliphatic hydroxyl groups is 3. The molecule has 5 N–H and O–H groups in total. The van der Waals surface area contributed by atoms with Gasteiger partial charge in [0.15, 0.2) is 5.43 Å². The van der Waals surface area contributed by atoms with Crippen molar-refractivity contribution in [3.8, 4) is 11.6 Å². The maximum atomic E-state index is 12.7. The fourth-order valence-corrected chi connectivity index (χ4v) is 3.54. The summed E-state index contributed by atoms with van der Waals surface area (Å²) in [5.41, 5.74) is 0.231. The van der Waals surface area contributed by atoms with Crippen molar-refractivity contribution < 1.29 is 25.5 Å². The van der Waals surface area contributed by atoms with Crippen LogP contribution in [0.3, 0.4) is 0 Å². The average molecular weight is 464 g/mol. The van der Waals surface area contributed by atoms with Crippen molar-refractivity contribution in [2.45, 2.75) is 12.7 Å². The summed E-state index contributed by atoms with van der Waals surface area (Å²) in [5, 5.41) is 29.0. The molecule has 0 aliphatic carbocycles. The van der Waals surface area contributed by atoms with Gasteiger partial charge in [-0.2, -0.15) is 0 Å². The molecular formula is C18H17Cl3N2O6. The van der Waals surface area contributed by atoms with Crippen molar-refractivity contribution in [2.24, 2.45) is 0 Å². The van der Waals surface area contributed by atoms with Crippen LogP contribution in [-0.4, -0.2) is 49.7 Å². The van der Waals surface area contributed by atoms with Gasteiger partial charge >= 0.3 is 0 Å². The number of rotatable bonds is 6. The molecule has 3 aromatic rings. The van der Waals surface area contributed by atoms with Crippen LogP contribution in [0.15, 0.2) is 35.3 Å². The monoisotopic (exact) mass is 462 g/mol. The Hall–Kier alpha value is -1.91. The van der Waals surface area contributed by atoms with E-state index in [4.69, 9.17) is 44.6 Å². The van der Waals surface area contributed by atoms with E-state index in [2.05, 4.69) is 4.98 Å². The van der Waals surface area contributed by atoms with Gasteiger partial charge < -0.3 is 30.1 Å². The predicted octanol–water partition coefficient (Wildman–Crippen LogP) is 1.75. The fraction of sp³-hybridized carbons (Fsp3) is 0.222. The minimum absolute atomic E-state index is 0. The second-order valence-electron chi connectivity index (χ2n) is 5.85. The van der Waals surface area contributed by atoms with Crippen molar-refractivity contribution in [2.75, 3.05) is 13.2 Å². The lowest BCUT2D eigenvalue weighted by Crippen LogP contribution is -2.23. The van der Waals surface area contributed by atoms with Gasteiger partial charge in [-0.05, 0) is 12.1 Å². The van der Waals surface area contributed by atoms with Gasteiger partial charge in [0.1, 0.15) is 18.1 Å². The van der Waals surface area contributed by atoms with E-state index < -0.39 is 24.7 Å². The zero-order chi connectivity index (χ0) is 20.4. The number of ether oxygens (including phenoxy) is 1. The van der Waals surface area contributed by atoms with Crippen LogP contribution in [-0.2, 0) is 6.61 Å². The first-order valence-electron chi connectivity index (χ1n) is 8.09. The number of pyridine rings is 2. The number of halogens is 3. The lowest BCUT2D eigenvalue weighted by molar-refractivity contribution is 0.0526. The highest BCUT2D eigenvalue weighted by Crippen LogP contribution is 2.35.